The molecule has 70 heavy (non-hydrogen) atoms. The van der Waals surface area contributed by atoms with Gasteiger partial charge >= 0.3 is 0 Å². The second-order valence-electron chi connectivity index (χ2n) is 20.5. The molecule has 0 saturated heterocycles. The molecule has 3 heterocycles. The zero-order chi connectivity index (χ0) is 45.9. The third-order valence-electron chi connectivity index (χ3n) is 16.8. The van der Waals surface area contributed by atoms with Crippen molar-refractivity contribution in [2.45, 2.75) is 57.2 Å². The zero-order valence-electron chi connectivity index (χ0n) is 39.2. The molecule has 1 aromatic heterocycles. The lowest BCUT2D eigenvalue weighted by Crippen LogP contribution is -2.48. The minimum absolute atomic E-state index is 0.00292. The Bertz CT molecular complexity index is 3760. The lowest BCUT2D eigenvalue weighted by Gasteiger charge is -2.46. The van der Waals surface area contributed by atoms with Gasteiger partial charge in [-0.15, -0.1) is 0 Å². The highest BCUT2D eigenvalue weighted by molar-refractivity contribution is 6.21. The van der Waals surface area contributed by atoms with Crippen LogP contribution in [0.2, 0.25) is 0 Å². The first kappa shape index (κ1) is 40.2. The minimum atomic E-state index is -0.291. The monoisotopic (exact) mass is 903 g/mol. The molecule has 6 atom stereocenters. The van der Waals surface area contributed by atoms with Crippen LogP contribution in [0.15, 0.2) is 226 Å². The predicted octanol–water partition coefficient (Wildman–Crippen LogP) is 14.9. The van der Waals surface area contributed by atoms with E-state index in [9.17, 15) is 0 Å². The highest BCUT2D eigenvalue weighted by Crippen LogP contribution is 2.55. The first-order valence-corrected chi connectivity index (χ1v) is 25.7. The number of hydrogen-bond acceptors (Lipinski definition) is 4. The molecule has 5 heteroatoms. The summed E-state index contributed by atoms with van der Waals surface area (Å²) in [5, 5.41) is 12.8. The van der Waals surface area contributed by atoms with Gasteiger partial charge in [-0.05, 0) is 118 Å². The van der Waals surface area contributed by atoms with Crippen molar-refractivity contribution in [2.24, 2.45) is 33.7 Å². The van der Waals surface area contributed by atoms with E-state index in [1.165, 1.54) is 88.3 Å². The van der Waals surface area contributed by atoms with Crippen LogP contribution in [0, 0.1) is 23.7 Å². The second kappa shape index (κ2) is 15.9. The Morgan fingerprint density at radius 2 is 1.44 bits per heavy atom. The van der Waals surface area contributed by atoms with E-state index in [0.29, 0.717) is 11.8 Å². The maximum Gasteiger partial charge on any atom is 0.147 e. The smallest absolute Gasteiger partial charge is 0.147 e. The Morgan fingerprint density at radius 3 is 2.36 bits per heavy atom. The van der Waals surface area contributed by atoms with Gasteiger partial charge in [0, 0.05) is 62.6 Å². The summed E-state index contributed by atoms with van der Waals surface area (Å²) in [5.74, 6) is 2.79. The SMILES string of the molecule is C1=CC2=CCC(N3C4=CC5=CC(n6c7c(c8ccc9ccccc9c86)C=CCC7)=CCC5CC4C4=C3CCC=C4)C(C3=NC(c4ccccc4)NC(c4cc5ccccc5c5ccccc45)=N3)C2C=C1. The molecule has 0 bridgehead atoms. The highest BCUT2D eigenvalue weighted by atomic mass is 15.2. The van der Waals surface area contributed by atoms with Crippen LogP contribution >= 0.6 is 0 Å². The summed E-state index contributed by atoms with van der Waals surface area (Å²) in [6, 6.07) is 44.4. The summed E-state index contributed by atoms with van der Waals surface area (Å²) in [6.07, 6.45) is 36.2. The van der Waals surface area contributed by atoms with E-state index in [2.05, 4.69) is 209 Å². The van der Waals surface area contributed by atoms with Crippen molar-refractivity contribution in [1.29, 1.82) is 0 Å². The van der Waals surface area contributed by atoms with Crippen LogP contribution in [0.5, 0.6) is 0 Å². The number of aromatic nitrogens is 1. The van der Waals surface area contributed by atoms with Crippen LogP contribution in [-0.4, -0.2) is 27.2 Å². The van der Waals surface area contributed by atoms with E-state index in [1.54, 1.807) is 0 Å². The summed E-state index contributed by atoms with van der Waals surface area (Å²) in [6.45, 7) is 0. The molecule has 0 fully saturated rings. The number of nitrogens with one attached hydrogen (secondary N) is 1. The maximum atomic E-state index is 5.78. The second-order valence-corrected chi connectivity index (χ2v) is 20.5. The molecule has 6 aliphatic carbocycles. The molecule has 338 valence electrons. The van der Waals surface area contributed by atoms with Crippen LogP contribution in [0.4, 0.5) is 0 Å². The van der Waals surface area contributed by atoms with E-state index < -0.39 is 0 Å². The Hall–Kier alpha value is -7.76. The zero-order valence-corrected chi connectivity index (χ0v) is 39.2. The van der Waals surface area contributed by atoms with Gasteiger partial charge in [-0.2, -0.15) is 0 Å². The number of amidine groups is 2. The summed E-state index contributed by atoms with van der Waals surface area (Å²) in [7, 11) is 0. The minimum Gasteiger partial charge on any atom is -0.344 e. The van der Waals surface area contributed by atoms with Crippen molar-refractivity contribution >= 4 is 66.7 Å². The number of allylic oxidation sites excluding steroid dienone is 15. The average Bonchev–Trinajstić information content (AvgIpc) is 3.94. The number of hydrogen-bond donors (Lipinski definition) is 1. The highest BCUT2D eigenvalue weighted by Gasteiger charge is 2.49. The Labute approximate surface area is 409 Å². The van der Waals surface area contributed by atoms with Gasteiger partial charge in [0.1, 0.15) is 17.8 Å². The standard InChI is InChI=1S/C65H53N5/c1-2-18-42(19-3-1)63-66-64(56-38-44-20-6-7-21-47(44)50-24-10-11-25-51(50)56)68-65(67-63)61-48-22-8-4-16-40(48)32-35-59(61)70-58-29-15-13-27-53(58)55-37-43-30-33-46(36-45(43)39-60(55)70)69-57-28-14-12-26-52(57)54-34-31-41-17-5-9-23-49(41)62(54)69/h1-13,16-27,31-34,36,38-39,43,48,55,59,61,63H,14-15,28-30,35,37H2,(H,66,67,68). The normalized spacial score (nSPS) is 25.3. The molecule has 15 rings (SSSR count). The molecule has 1 N–H and O–H groups in total. The third-order valence-corrected chi connectivity index (χ3v) is 16.8. The number of aliphatic imine (C=N–C) groups is 2. The van der Waals surface area contributed by atoms with E-state index in [1.807, 2.05) is 0 Å². The summed E-state index contributed by atoms with van der Waals surface area (Å²) in [5.41, 5.74) is 15.1. The van der Waals surface area contributed by atoms with Crippen molar-refractivity contribution in [1.82, 2.24) is 14.8 Å². The van der Waals surface area contributed by atoms with Crippen molar-refractivity contribution in [3.63, 3.8) is 0 Å². The van der Waals surface area contributed by atoms with Crippen molar-refractivity contribution in [2.75, 3.05) is 0 Å². The lowest BCUT2D eigenvalue weighted by molar-refractivity contribution is 0.223. The Kier molecular flexibility index (Phi) is 9.12. The van der Waals surface area contributed by atoms with Crippen LogP contribution in [-0.2, 0) is 6.42 Å². The predicted molar refractivity (Wildman–Crippen MR) is 290 cm³/mol. The first-order chi connectivity index (χ1) is 34.7. The topological polar surface area (TPSA) is 44.9 Å². The van der Waals surface area contributed by atoms with Crippen LogP contribution in [0.3, 0.4) is 0 Å². The molecule has 0 spiro atoms. The molecular weight excluding hydrogens is 851 g/mol. The fourth-order valence-electron chi connectivity index (χ4n) is 13.7. The van der Waals surface area contributed by atoms with Gasteiger partial charge in [0.05, 0.1) is 11.4 Å². The van der Waals surface area contributed by atoms with E-state index in [-0.39, 0.29) is 24.0 Å². The Morgan fingerprint density at radius 1 is 0.643 bits per heavy atom. The van der Waals surface area contributed by atoms with Gasteiger partial charge in [-0.3, -0.25) is 0 Å². The summed E-state index contributed by atoms with van der Waals surface area (Å²) >= 11 is 0. The largest absolute Gasteiger partial charge is 0.344 e. The average molecular weight is 904 g/mol. The molecule has 5 nitrogen and oxygen atoms in total. The van der Waals surface area contributed by atoms with Gasteiger partial charge in [0.25, 0.3) is 0 Å². The number of rotatable bonds is 5. The van der Waals surface area contributed by atoms with E-state index >= 15 is 0 Å². The van der Waals surface area contributed by atoms with Crippen LogP contribution in [0.1, 0.15) is 67.1 Å². The number of benzene rings is 6. The van der Waals surface area contributed by atoms with Crippen molar-refractivity contribution < 1.29 is 0 Å². The van der Waals surface area contributed by atoms with Crippen molar-refractivity contribution in [3.8, 4) is 0 Å². The van der Waals surface area contributed by atoms with E-state index in [4.69, 9.17) is 9.98 Å². The molecule has 0 amide bonds. The van der Waals surface area contributed by atoms with Crippen LogP contribution < -0.4 is 5.32 Å². The molecule has 6 unspecified atom stereocenters. The van der Waals surface area contributed by atoms with Gasteiger partial charge in [0.2, 0.25) is 0 Å². The van der Waals surface area contributed by atoms with Gasteiger partial charge < -0.3 is 14.8 Å². The molecule has 2 aliphatic heterocycles. The van der Waals surface area contributed by atoms with Gasteiger partial charge in [0.15, 0.2) is 0 Å². The summed E-state index contributed by atoms with van der Waals surface area (Å²) in [4.78, 5) is 14.4. The molecule has 8 aliphatic rings. The molecular formula is C65H53N5. The first-order valence-electron chi connectivity index (χ1n) is 25.7. The fourth-order valence-corrected chi connectivity index (χ4v) is 13.7. The van der Waals surface area contributed by atoms with Gasteiger partial charge in [-0.1, -0.05) is 176 Å². The Balaban J connectivity index is 0.894. The third kappa shape index (κ3) is 6.16. The van der Waals surface area contributed by atoms with Gasteiger partial charge in [-0.25, -0.2) is 9.98 Å². The quantitative estimate of drug-likeness (QED) is 0.175. The molecule has 0 radical (unpaired) electrons. The molecule has 7 aromatic rings. The maximum absolute atomic E-state index is 5.78. The van der Waals surface area contributed by atoms with Crippen LogP contribution in [0.25, 0.3) is 55.0 Å². The fraction of sp³-hybridized carbons (Fsp3) is 0.200. The summed E-state index contributed by atoms with van der Waals surface area (Å²) < 4.78 is 2.64. The molecule has 6 aromatic carbocycles. The van der Waals surface area contributed by atoms with Crippen molar-refractivity contribution in [3.05, 3.63) is 239 Å². The lowest BCUT2D eigenvalue weighted by atomic mass is 9.71. The number of fused-ring (bicyclic) bond motifs is 12. The van der Waals surface area contributed by atoms with E-state index in [0.717, 1.165) is 67.7 Å². The molecule has 0 saturated carbocycles. The number of nitrogens with zero attached hydrogens (tertiary/aromatic N) is 4.